The van der Waals surface area contributed by atoms with Crippen LogP contribution in [0, 0.1) is 0 Å². The predicted molar refractivity (Wildman–Crippen MR) is 125 cm³/mol. The van der Waals surface area contributed by atoms with Gasteiger partial charge in [0, 0.05) is 17.1 Å². The summed E-state index contributed by atoms with van der Waals surface area (Å²) >= 11 is 1.59. The van der Waals surface area contributed by atoms with Crippen molar-refractivity contribution < 1.29 is 9.84 Å². The van der Waals surface area contributed by atoms with Gasteiger partial charge in [0.2, 0.25) is 0 Å². The number of benzene rings is 2. The van der Waals surface area contributed by atoms with Crippen LogP contribution in [0.5, 0.6) is 0 Å². The van der Waals surface area contributed by atoms with Crippen LogP contribution in [0.3, 0.4) is 0 Å². The van der Waals surface area contributed by atoms with E-state index < -0.39 is 5.60 Å². The zero-order chi connectivity index (χ0) is 22.1. The molecule has 2 aromatic heterocycles. The molecule has 164 valence electrons. The zero-order valence-electron chi connectivity index (χ0n) is 18.2. The molecule has 5 rings (SSSR count). The van der Waals surface area contributed by atoms with Crippen molar-refractivity contribution in [3.8, 4) is 11.4 Å². The van der Waals surface area contributed by atoms with E-state index in [-0.39, 0.29) is 6.23 Å². The Morgan fingerprint density at radius 2 is 1.81 bits per heavy atom. The Morgan fingerprint density at radius 3 is 2.50 bits per heavy atom. The monoisotopic (exact) mass is 446 g/mol. The van der Waals surface area contributed by atoms with E-state index in [4.69, 9.17) is 9.72 Å². The quantitative estimate of drug-likeness (QED) is 0.404. The van der Waals surface area contributed by atoms with Crippen molar-refractivity contribution in [3.05, 3.63) is 66.5 Å². The van der Waals surface area contributed by atoms with Gasteiger partial charge in [-0.1, -0.05) is 54.2 Å². The second-order valence-electron chi connectivity index (χ2n) is 8.53. The summed E-state index contributed by atoms with van der Waals surface area (Å²) in [6.45, 7) is 4.31. The molecule has 0 saturated carbocycles. The Kier molecular flexibility index (Phi) is 5.71. The van der Waals surface area contributed by atoms with Gasteiger partial charge in [-0.3, -0.25) is 4.57 Å². The number of aliphatic hydroxyl groups is 1. The van der Waals surface area contributed by atoms with E-state index in [0.717, 1.165) is 63.9 Å². The molecule has 0 radical (unpaired) electrons. The third kappa shape index (κ3) is 4.16. The van der Waals surface area contributed by atoms with Gasteiger partial charge in [-0.2, -0.15) is 0 Å². The van der Waals surface area contributed by atoms with Gasteiger partial charge in [-0.15, -0.1) is 0 Å². The van der Waals surface area contributed by atoms with Crippen molar-refractivity contribution in [2.24, 2.45) is 0 Å². The highest BCUT2D eigenvalue weighted by atomic mass is 32.2. The highest BCUT2D eigenvalue weighted by Crippen LogP contribution is 2.37. The molecule has 0 spiro atoms. The molecule has 1 atom stereocenters. The van der Waals surface area contributed by atoms with Gasteiger partial charge in [0.1, 0.15) is 28.9 Å². The van der Waals surface area contributed by atoms with Gasteiger partial charge in [-0.05, 0) is 50.8 Å². The Morgan fingerprint density at radius 1 is 1.03 bits per heavy atom. The fourth-order valence-electron chi connectivity index (χ4n) is 3.99. The molecule has 4 aromatic rings. The maximum Gasteiger partial charge on any atom is 0.167 e. The second kappa shape index (κ2) is 8.65. The molecule has 6 nitrogen and oxygen atoms in total. The van der Waals surface area contributed by atoms with Gasteiger partial charge in [0.15, 0.2) is 5.65 Å². The Labute approximate surface area is 191 Å². The van der Waals surface area contributed by atoms with Crippen LogP contribution >= 0.6 is 11.8 Å². The molecule has 0 bridgehead atoms. The van der Waals surface area contributed by atoms with E-state index in [9.17, 15) is 5.11 Å². The smallest absolute Gasteiger partial charge is 0.167 e. The summed E-state index contributed by atoms with van der Waals surface area (Å²) in [5.74, 6) is 0.810. The molecule has 1 unspecified atom stereocenters. The lowest BCUT2D eigenvalue weighted by Gasteiger charge is -2.25. The first kappa shape index (κ1) is 21.1. The summed E-state index contributed by atoms with van der Waals surface area (Å²) in [4.78, 5) is 15.3. The minimum absolute atomic E-state index is 0.109. The number of fused-ring (bicyclic) bond motifs is 1. The van der Waals surface area contributed by atoms with Crippen LogP contribution < -0.4 is 0 Å². The predicted octanol–water partition coefficient (Wildman–Crippen LogP) is 5.57. The van der Waals surface area contributed by atoms with Crippen LogP contribution in [0.2, 0.25) is 0 Å². The summed E-state index contributed by atoms with van der Waals surface area (Å²) in [7, 11) is 0. The van der Waals surface area contributed by atoms with Crippen molar-refractivity contribution in [1.29, 1.82) is 0 Å². The summed E-state index contributed by atoms with van der Waals surface area (Å²) < 4.78 is 8.26. The molecule has 1 saturated heterocycles. The first-order chi connectivity index (χ1) is 15.5. The van der Waals surface area contributed by atoms with E-state index in [1.54, 1.807) is 31.9 Å². The molecule has 0 amide bonds. The van der Waals surface area contributed by atoms with Crippen molar-refractivity contribution in [1.82, 2.24) is 19.5 Å². The highest BCUT2D eigenvalue weighted by molar-refractivity contribution is 7.99. The Balaban J connectivity index is 1.64. The lowest BCUT2D eigenvalue weighted by molar-refractivity contribution is -0.0287. The third-order valence-corrected chi connectivity index (χ3v) is 6.69. The summed E-state index contributed by atoms with van der Waals surface area (Å²) in [5.41, 5.74) is 2.48. The van der Waals surface area contributed by atoms with Crippen LogP contribution in [0.4, 0.5) is 0 Å². The SMILES string of the molecule is CC(C)(O)c1ccc(-c2nc3c(Sc4ccccc4)ncnc3n2C2CCCCO2)cc1. The molecule has 1 aliphatic rings. The average Bonchev–Trinajstić information content (AvgIpc) is 3.21. The molecule has 3 heterocycles. The highest BCUT2D eigenvalue weighted by Gasteiger charge is 2.26. The maximum absolute atomic E-state index is 10.3. The number of imidazole rings is 1. The molecule has 32 heavy (non-hydrogen) atoms. The normalized spacial score (nSPS) is 17.0. The van der Waals surface area contributed by atoms with Gasteiger partial charge in [-0.25, -0.2) is 15.0 Å². The molecule has 1 aliphatic heterocycles. The van der Waals surface area contributed by atoms with E-state index in [0.29, 0.717) is 0 Å². The van der Waals surface area contributed by atoms with Gasteiger partial charge in [0.25, 0.3) is 0 Å². The van der Waals surface area contributed by atoms with Crippen molar-refractivity contribution >= 4 is 22.9 Å². The van der Waals surface area contributed by atoms with Crippen LogP contribution in [0.15, 0.2) is 70.8 Å². The van der Waals surface area contributed by atoms with E-state index in [2.05, 4.69) is 26.7 Å². The summed E-state index contributed by atoms with van der Waals surface area (Å²) in [5, 5.41) is 11.2. The van der Waals surface area contributed by atoms with Crippen molar-refractivity contribution in [2.75, 3.05) is 6.61 Å². The molecule has 1 N–H and O–H groups in total. The molecular weight excluding hydrogens is 420 g/mol. The van der Waals surface area contributed by atoms with E-state index >= 15 is 0 Å². The average molecular weight is 447 g/mol. The lowest BCUT2D eigenvalue weighted by atomic mass is 9.97. The number of ether oxygens (including phenoxy) is 1. The lowest BCUT2D eigenvalue weighted by Crippen LogP contribution is -2.19. The summed E-state index contributed by atoms with van der Waals surface area (Å²) in [6.07, 6.45) is 4.60. The first-order valence-electron chi connectivity index (χ1n) is 10.9. The van der Waals surface area contributed by atoms with Crippen molar-refractivity contribution in [3.63, 3.8) is 0 Å². The van der Waals surface area contributed by atoms with E-state index in [1.165, 1.54) is 0 Å². The van der Waals surface area contributed by atoms with Gasteiger partial charge >= 0.3 is 0 Å². The minimum atomic E-state index is -0.893. The topological polar surface area (TPSA) is 73.1 Å². The third-order valence-electron chi connectivity index (χ3n) is 5.69. The van der Waals surface area contributed by atoms with Crippen LogP contribution in [-0.4, -0.2) is 31.2 Å². The number of nitrogens with zero attached hydrogens (tertiary/aromatic N) is 4. The number of rotatable bonds is 5. The molecule has 1 fully saturated rings. The summed E-state index contributed by atoms with van der Waals surface area (Å²) in [6, 6.07) is 18.1. The number of hydrogen-bond acceptors (Lipinski definition) is 6. The standard InChI is InChI=1S/C25H26N4O2S/c1-25(2,30)18-13-11-17(12-14-18)22-28-21-23(29(22)20-10-6-7-15-31-20)26-16-27-24(21)32-19-8-4-3-5-9-19/h3-5,8-9,11-14,16,20,30H,6-7,10,15H2,1-2H3. The van der Waals surface area contributed by atoms with Gasteiger partial charge < -0.3 is 9.84 Å². The number of hydrogen-bond donors (Lipinski definition) is 1. The molecule has 2 aromatic carbocycles. The fourth-order valence-corrected chi connectivity index (χ4v) is 4.84. The van der Waals surface area contributed by atoms with Gasteiger partial charge in [0.05, 0.1) is 5.60 Å². The largest absolute Gasteiger partial charge is 0.386 e. The number of aromatic nitrogens is 4. The minimum Gasteiger partial charge on any atom is -0.386 e. The molecule has 0 aliphatic carbocycles. The molecule has 7 heteroatoms. The zero-order valence-corrected chi connectivity index (χ0v) is 19.0. The Hall–Kier alpha value is -2.74. The Bertz CT molecular complexity index is 1210. The van der Waals surface area contributed by atoms with Crippen molar-refractivity contribution in [2.45, 2.75) is 54.9 Å². The first-order valence-corrected chi connectivity index (χ1v) is 11.7. The van der Waals surface area contributed by atoms with Crippen LogP contribution in [-0.2, 0) is 10.3 Å². The second-order valence-corrected chi connectivity index (χ2v) is 9.59. The fraction of sp³-hybridized carbons (Fsp3) is 0.320. The molecular formula is C25H26N4O2S. The van der Waals surface area contributed by atoms with Crippen LogP contribution in [0.25, 0.3) is 22.6 Å². The van der Waals surface area contributed by atoms with E-state index in [1.807, 2.05) is 42.5 Å². The maximum atomic E-state index is 10.3. The van der Waals surface area contributed by atoms with Crippen LogP contribution in [0.1, 0.15) is 44.9 Å².